The van der Waals surface area contributed by atoms with Gasteiger partial charge in [-0.05, 0) is 31.0 Å². The molecule has 28 heavy (non-hydrogen) atoms. The van der Waals surface area contributed by atoms with E-state index in [1.54, 1.807) is 12.1 Å². The van der Waals surface area contributed by atoms with Crippen LogP contribution in [-0.2, 0) is 16.0 Å². The maximum absolute atomic E-state index is 12.2. The monoisotopic (exact) mass is 398 g/mol. The molecule has 0 spiro atoms. The fourth-order valence-electron chi connectivity index (χ4n) is 2.54. The molecule has 0 aromatic heterocycles. The number of carbonyl (C=O) groups excluding carboxylic acids is 3. The molecule has 0 heterocycles. The number of ketones is 1. The highest BCUT2D eigenvalue weighted by atomic mass is 32.2. The largest absolute Gasteiger partial charge is 0.294 e. The van der Waals surface area contributed by atoms with Gasteiger partial charge in [-0.15, -0.1) is 11.8 Å². The number of rotatable bonds is 9. The van der Waals surface area contributed by atoms with Crippen molar-refractivity contribution in [3.05, 3.63) is 65.2 Å². The van der Waals surface area contributed by atoms with E-state index >= 15 is 0 Å². The summed E-state index contributed by atoms with van der Waals surface area (Å²) in [5.74, 6) is -0.562. The first kappa shape index (κ1) is 21.7. The van der Waals surface area contributed by atoms with Crippen LogP contribution in [0, 0.1) is 6.92 Å². The molecule has 2 amide bonds. The Morgan fingerprint density at radius 2 is 1.50 bits per heavy atom. The quantitative estimate of drug-likeness (QED) is 0.382. The van der Waals surface area contributed by atoms with Gasteiger partial charge in [0.05, 0.1) is 5.75 Å². The Kier molecular flexibility index (Phi) is 8.75. The molecule has 5 nitrogen and oxygen atoms in total. The Labute approximate surface area is 170 Å². The minimum Gasteiger partial charge on any atom is -0.294 e. The second kappa shape index (κ2) is 11.3. The van der Waals surface area contributed by atoms with Crippen LogP contribution in [-0.4, -0.2) is 23.4 Å². The third-order valence-electron chi connectivity index (χ3n) is 4.13. The minimum atomic E-state index is -0.385. The van der Waals surface area contributed by atoms with Gasteiger partial charge < -0.3 is 0 Å². The third-order valence-corrected chi connectivity index (χ3v) is 5.14. The summed E-state index contributed by atoms with van der Waals surface area (Å²) in [4.78, 5) is 36.8. The smallest absolute Gasteiger partial charge is 0.248 e. The molecule has 2 aromatic rings. The maximum atomic E-state index is 12.2. The first-order chi connectivity index (χ1) is 13.5. The van der Waals surface area contributed by atoms with Gasteiger partial charge in [-0.3, -0.25) is 25.2 Å². The average molecular weight is 399 g/mol. The normalized spacial score (nSPS) is 10.4. The molecule has 0 saturated heterocycles. The van der Waals surface area contributed by atoms with Crippen LogP contribution in [0.3, 0.4) is 0 Å². The van der Waals surface area contributed by atoms with Crippen molar-refractivity contribution in [2.75, 3.05) is 5.75 Å². The molecule has 0 atom stereocenters. The molecule has 2 N–H and O–H groups in total. The van der Waals surface area contributed by atoms with Crippen LogP contribution < -0.4 is 10.9 Å². The van der Waals surface area contributed by atoms with Gasteiger partial charge in [-0.1, -0.05) is 55.3 Å². The Morgan fingerprint density at radius 1 is 0.857 bits per heavy atom. The van der Waals surface area contributed by atoms with Crippen molar-refractivity contribution in [1.29, 1.82) is 0 Å². The van der Waals surface area contributed by atoms with Crippen LogP contribution in [0.5, 0.6) is 0 Å². The van der Waals surface area contributed by atoms with Gasteiger partial charge in [0.1, 0.15) is 0 Å². The molecule has 0 aliphatic heterocycles. The summed E-state index contributed by atoms with van der Waals surface area (Å²) in [5, 5.41) is 0. The van der Waals surface area contributed by atoms with Crippen LogP contribution >= 0.6 is 11.8 Å². The molecule has 0 saturated carbocycles. The van der Waals surface area contributed by atoms with E-state index in [-0.39, 0.29) is 36.2 Å². The molecule has 148 valence electrons. The number of hydrogen-bond acceptors (Lipinski definition) is 4. The van der Waals surface area contributed by atoms with Crippen molar-refractivity contribution in [3.63, 3.8) is 0 Å². The van der Waals surface area contributed by atoms with Gasteiger partial charge >= 0.3 is 0 Å². The summed E-state index contributed by atoms with van der Waals surface area (Å²) in [5.41, 5.74) is 7.69. The van der Waals surface area contributed by atoms with Crippen molar-refractivity contribution in [3.8, 4) is 0 Å². The lowest BCUT2D eigenvalue weighted by atomic mass is 10.0. The molecule has 0 aliphatic rings. The second-order valence-electron chi connectivity index (χ2n) is 6.57. The number of amides is 2. The number of hydrogen-bond donors (Lipinski definition) is 2. The predicted molar refractivity (Wildman–Crippen MR) is 112 cm³/mol. The summed E-state index contributed by atoms with van der Waals surface area (Å²) >= 11 is 1.39. The van der Waals surface area contributed by atoms with Crippen molar-refractivity contribution in [2.45, 2.75) is 44.4 Å². The van der Waals surface area contributed by atoms with Crippen LogP contribution in [0.4, 0.5) is 0 Å². The van der Waals surface area contributed by atoms with Gasteiger partial charge in [0, 0.05) is 23.3 Å². The topological polar surface area (TPSA) is 75.3 Å². The molecule has 0 fully saturated rings. The molecule has 6 heteroatoms. The molecule has 0 bridgehead atoms. The highest BCUT2D eigenvalue weighted by Gasteiger charge is 2.10. The minimum absolute atomic E-state index is 0.0287. The second-order valence-corrected chi connectivity index (χ2v) is 7.62. The van der Waals surface area contributed by atoms with E-state index in [4.69, 9.17) is 0 Å². The Bertz CT molecular complexity index is 802. The highest BCUT2D eigenvalue weighted by molar-refractivity contribution is 8.00. The lowest BCUT2D eigenvalue weighted by Gasteiger charge is -2.07. The first-order valence-electron chi connectivity index (χ1n) is 9.37. The highest BCUT2D eigenvalue weighted by Crippen LogP contribution is 2.17. The zero-order valence-corrected chi connectivity index (χ0v) is 17.1. The van der Waals surface area contributed by atoms with E-state index in [1.807, 2.05) is 43.3 Å². The summed E-state index contributed by atoms with van der Waals surface area (Å²) in [6.07, 6.45) is 2.18. The zero-order chi connectivity index (χ0) is 20.4. The van der Waals surface area contributed by atoms with Crippen molar-refractivity contribution in [2.24, 2.45) is 0 Å². The number of aryl methyl sites for hydroxylation is 2. The van der Waals surface area contributed by atoms with Crippen LogP contribution in [0.15, 0.2) is 53.4 Å². The molecule has 0 unspecified atom stereocenters. The number of Topliss-reactive ketones (excluding diaryl/α,β-unsaturated/α-hetero) is 1. The van der Waals surface area contributed by atoms with E-state index in [0.29, 0.717) is 5.56 Å². The first-order valence-corrected chi connectivity index (χ1v) is 10.4. The molecule has 2 aromatic carbocycles. The lowest BCUT2D eigenvalue weighted by molar-refractivity contribution is -0.127. The maximum Gasteiger partial charge on any atom is 0.248 e. The fourth-order valence-corrected chi connectivity index (χ4v) is 3.24. The molecule has 2 rings (SSSR count). The van der Waals surface area contributed by atoms with Crippen LogP contribution in [0.25, 0.3) is 0 Å². The standard InChI is InChI=1S/C22H26N2O3S/c1-3-4-17-7-9-18(10-8-17)20(25)13-14-21(26)23-24-22(27)15-28-19-11-5-16(2)6-12-19/h5-12H,3-4,13-15H2,1-2H3,(H,23,26)(H,24,27). The van der Waals surface area contributed by atoms with E-state index in [0.717, 1.165) is 23.3 Å². The van der Waals surface area contributed by atoms with Gasteiger partial charge in [0.2, 0.25) is 11.8 Å². The van der Waals surface area contributed by atoms with Gasteiger partial charge in [0.15, 0.2) is 5.78 Å². The van der Waals surface area contributed by atoms with E-state index in [2.05, 4.69) is 17.8 Å². The van der Waals surface area contributed by atoms with Crippen molar-refractivity contribution < 1.29 is 14.4 Å². The van der Waals surface area contributed by atoms with E-state index in [1.165, 1.54) is 17.3 Å². The molecular weight excluding hydrogens is 372 g/mol. The van der Waals surface area contributed by atoms with Gasteiger partial charge in [-0.25, -0.2) is 0 Å². The third kappa shape index (κ3) is 7.56. The lowest BCUT2D eigenvalue weighted by Crippen LogP contribution is -2.42. The number of carbonyl (C=O) groups is 3. The fraction of sp³-hybridized carbons (Fsp3) is 0.318. The van der Waals surface area contributed by atoms with Crippen molar-refractivity contribution >= 4 is 29.4 Å². The Balaban J connectivity index is 1.66. The predicted octanol–water partition coefficient (Wildman–Crippen LogP) is 3.85. The van der Waals surface area contributed by atoms with Gasteiger partial charge in [-0.2, -0.15) is 0 Å². The summed E-state index contributed by atoms with van der Waals surface area (Å²) in [6.45, 7) is 4.11. The summed E-state index contributed by atoms with van der Waals surface area (Å²) in [6, 6.07) is 15.4. The van der Waals surface area contributed by atoms with Crippen LogP contribution in [0.2, 0.25) is 0 Å². The Morgan fingerprint density at radius 3 is 2.14 bits per heavy atom. The Hall–Kier alpha value is -2.60. The number of benzene rings is 2. The number of thioether (sulfide) groups is 1. The average Bonchev–Trinajstić information content (AvgIpc) is 2.71. The zero-order valence-electron chi connectivity index (χ0n) is 16.3. The molecule has 0 radical (unpaired) electrons. The number of hydrazine groups is 1. The molecular formula is C22H26N2O3S. The van der Waals surface area contributed by atoms with E-state index < -0.39 is 0 Å². The SMILES string of the molecule is CCCc1ccc(C(=O)CCC(=O)NNC(=O)CSc2ccc(C)cc2)cc1. The summed E-state index contributed by atoms with van der Waals surface area (Å²) in [7, 11) is 0. The number of nitrogens with one attached hydrogen (secondary N) is 2. The molecule has 0 aliphatic carbocycles. The summed E-state index contributed by atoms with van der Waals surface area (Å²) < 4.78 is 0. The van der Waals surface area contributed by atoms with Crippen molar-refractivity contribution in [1.82, 2.24) is 10.9 Å². The van der Waals surface area contributed by atoms with E-state index in [9.17, 15) is 14.4 Å². The van der Waals surface area contributed by atoms with Gasteiger partial charge in [0.25, 0.3) is 0 Å². The van der Waals surface area contributed by atoms with Crippen LogP contribution in [0.1, 0.15) is 47.7 Å².